The summed E-state index contributed by atoms with van der Waals surface area (Å²) in [6, 6.07) is 8.65. The van der Waals surface area contributed by atoms with Crippen LogP contribution >= 0.6 is 0 Å². The molecule has 2 aromatic rings. The molecule has 0 amide bonds. The van der Waals surface area contributed by atoms with Gasteiger partial charge in [-0.15, -0.1) is 0 Å². The van der Waals surface area contributed by atoms with Gasteiger partial charge in [-0.3, -0.25) is 4.72 Å². The lowest BCUT2D eigenvalue weighted by atomic mass is 10.1. The van der Waals surface area contributed by atoms with Crippen LogP contribution in [0.25, 0.3) is 0 Å². The van der Waals surface area contributed by atoms with E-state index in [0.29, 0.717) is 17.9 Å². The number of hydrogen-bond acceptors (Lipinski definition) is 4. The first kappa shape index (κ1) is 15.5. The molecule has 0 atom stereocenters. The molecule has 112 valence electrons. The van der Waals surface area contributed by atoms with E-state index in [1.165, 1.54) is 0 Å². The third kappa shape index (κ3) is 3.40. The van der Waals surface area contributed by atoms with Crippen molar-refractivity contribution in [1.82, 2.24) is 4.98 Å². The molecule has 0 aliphatic carbocycles. The molecule has 0 unspecified atom stereocenters. The first-order valence-electron chi connectivity index (χ1n) is 6.60. The molecule has 0 bridgehead atoms. The van der Waals surface area contributed by atoms with Crippen molar-refractivity contribution < 1.29 is 8.42 Å². The molecule has 6 heteroatoms. The summed E-state index contributed by atoms with van der Waals surface area (Å²) in [7, 11) is -3.68. The number of sulfonamides is 1. The van der Waals surface area contributed by atoms with Crippen LogP contribution in [0.5, 0.6) is 0 Å². The molecule has 1 aromatic carbocycles. The van der Waals surface area contributed by atoms with Gasteiger partial charge in [-0.2, -0.15) is 0 Å². The van der Waals surface area contributed by atoms with Gasteiger partial charge in [0.05, 0.1) is 4.90 Å². The Morgan fingerprint density at radius 1 is 1.14 bits per heavy atom. The van der Waals surface area contributed by atoms with Crippen LogP contribution in [0.15, 0.2) is 35.2 Å². The number of nitrogens with two attached hydrogens (primary N) is 1. The van der Waals surface area contributed by atoms with Crippen LogP contribution in [0, 0.1) is 20.8 Å². The fourth-order valence-electron chi connectivity index (χ4n) is 2.18. The SMILES string of the molecule is Cc1cccc(NS(=O)(=O)c2cc(CN)c(C)cc2C)n1. The first-order chi connectivity index (χ1) is 9.83. The molecule has 0 aliphatic rings. The minimum atomic E-state index is -3.68. The van der Waals surface area contributed by atoms with Gasteiger partial charge in [-0.1, -0.05) is 12.1 Å². The van der Waals surface area contributed by atoms with Gasteiger partial charge >= 0.3 is 0 Å². The van der Waals surface area contributed by atoms with Crippen LogP contribution in [-0.4, -0.2) is 13.4 Å². The molecule has 0 radical (unpaired) electrons. The summed E-state index contributed by atoms with van der Waals surface area (Å²) in [6.45, 7) is 5.80. The highest BCUT2D eigenvalue weighted by Crippen LogP contribution is 2.22. The predicted molar refractivity (Wildman–Crippen MR) is 83.6 cm³/mol. The Morgan fingerprint density at radius 2 is 1.86 bits per heavy atom. The number of aryl methyl sites for hydroxylation is 3. The average Bonchev–Trinajstić information content (AvgIpc) is 2.37. The van der Waals surface area contributed by atoms with Crippen LogP contribution in [0.4, 0.5) is 5.82 Å². The monoisotopic (exact) mass is 305 g/mol. The van der Waals surface area contributed by atoms with Crippen molar-refractivity contribution in [3.05, 3.63) is 52.7 Å². The maximum absolute atomic E-state index is 12.5. The largest absolute Gasteiger partial charge is 0.326 e. The van der Waals surface area contributed by atoms with Gasteiger partial charge in [-0.05, 0) is 55.7 Å². The number of rotatable bonds is 4. The number of aromatic nitrogens is 1. The summed E-state index contributed by atoms with van der Waals surface area (Å²) in [6.07, 6.45) is 0. The lowest BCUT2D eigenvalue weighted by Crippen LogP contribution is -2.16. The van der Waals surface area contributed by atoms with E-state index in [1.54, 1.807) is 38.1 Å². The van der Waals surface area contributed by atoms with Gasteiger partial charge in [0.15, 0.2) is 0 Å². The molecule has 3 N–H and O–H groups in total. The first-order valence-corrected chi connectivity index (χ1v) is 8.08. The Bertz CT molecular complexity index is 770. The Kier molecular flexibility index (Phi) is 4.29. The highest BCUT2D eigenvalue weighted by atomic mass is 32.2. The zero-order chi connectivity index (χ0) is 15.6. The molecule has 0 saturated carbocycles. The number of hydrogen-bond donors (Lipinski definition) is 2. The molecule has 2 rings (SSSR count). The van der Waals surface area contributed by atoms with Gasteiger partial charge < -0.3 is 5.73 Å². The standard InChI is InChI=1S/C15H19N3O2S/c1-10-7-11(2)14(8-13(10)9-16)21(19,20)18-15-6-4-5-12(3)17-15/h4-8H,9,16H2,1-3H3,(H,17,18). The third-order valence-electron chi connectivity index (χ3n) is 3.27. The van der Waals surface area contributed by atoms with E-state index < -0.39 is 10.0 Å². The van der Waals surface area contributed by atoms with Crippen LogP contribution in [0.1, 0.15) is 22.4 Å². The topological polar surface area (TPSA) is 85.1 Å². The van der Waals surface area contributed by atoms with Gasteiger partial charge in [0.1, 0.15) is 5.82 Å². The smallest absolute Gasteiger partial charge is 0.263 e. The number of pyridine rings is 1. The highest BCUT2D eigenvalue weighted by Gasteiger charge is 2.19. The van der Waals surface area contributed by atoms with Crippen molar-refractivity contribution in [3.8, 4) is 0 Å². The summed E-state index contributed by atoms with van der Waals surface area (Å²) < 4.78 is 27.5. The van der Waals surface area contributed by atoms with E-state index in [9.17, 15) is 8.42 Å². The number of anilines is 1. The predicted octanol–water partition coefficient (Wildman–Crippen LogP) is 2.27. The van der Waals surface area contributed by atoms with E-state index in [-0.39, 0.29) is 4.90 Å². The quantitative estimate of drug-likeness (QED) is 0.907. The minimum Gasteiger partial charge on any atom is -0.326 e. The summed E-state index contributed by atoms with van der Waals surface area (Å²) >= 11 is 0. The molecular weight excluding hydrogens is 286 g/mol. The molecular formula is C15H19N3O2S. The Labute approximate surface area is 125 Å². The van der Waals surface area contributed by atoms with E-state index in [4.69, 9.17) is 5.73 Å². The number of nitrogens with zero attached hydrogens (tertiary/aromatic N) is 1. The Balaban J connectivity index is 2.44. The Hall–Kier alpha value is -1.92. The molecule has 0 spiro atoms. The molecule has 1 aromatic heterocycles. The highest BCUT2D eigenvalue weighted by molar-refractivity contribution is 7.92. The van der Waals surface area contributed by atoms with Crippen LogP contribution < -0.4 is 10.5 Å². The molecule has 0 saturated heterocycles. The summed E-state index contributed by atoms with van der Waals surface area (Å²) in [5.41, 5.74) is 8.90. The minimum absolute atomic E-state index is 0.233. The molecule has 0 fully saturated rings. The van der Waals surface area contributed by atoms with E-state index in [2.05, 4.69) is 9.71 Å². The third-order valence-corrected chi connectivity index (χ3v) is 4.77. The molecule has 0 aliphatic heterocycles. The molecule has 1 heterocycles. The second-order valence-electron chi connectivity index (χ2n) is 5.02. The van der Waals surface area contributed by atoms with E-state index in [1.807, 2.05) is 13.0 Å². The van der Waals surface area contributed by atoms with Crippen LogP contribution in [0.2, 0.25) is 0 Å². The maximum Gasteiger partial charge on any atom is 0.263 e. The zero-order valence-corrected chi connectivity index (χ0v) is 13.2. The second kappa shape index (κ2) is 5.83. The van der Waals surface area contributed by atoms with Crippen molar-refractivity contribution in [3.63, 3.8) is 0 Å². The number of benzene rings is 1. The Morgan fingerprint density at radius 3 is 2.48 bits per heavy atom. The molecule has 5 nitrogen and oxygen atoms in total. The summed E-state index contributed by atoms with van der Waals surface area (Å²) in [4.78, 5) is 4.39. The van der Waals surface area contributed by atoms with Gasteiger partial charge in [0.2, 0.25) is 0 Å². The lowest BCUT2D eigenvalue weighted by molar-refractivity contribution is 0.600. The van der Waals surface area contributed by atoms with Gasteiger partial charge in [0, 0.05) is 12.2 Å². The van der Waals surface area contributed by atoms with Crippen molar-refractivity contribution >= 4 is 15.8 Å². The van der Waals surface area contributed by atoms with Crippen molar-refractivity contribution in [2.24, 2.45) is 5.73 Å². The second-order valence-corrected chi connectivity index (χ2v) is 6.67. The normalized spacial score (nSPS) is 11.4. The fraction of sp³-hybridized carbons (Fsp3) is 0.267. The molecule has 21 heavy (non-hydrogen) atoms. The maximum atomic E-state index is 12.5. The van der Waals surface area contributed by atoms with Crippen molar-refractivity contribution in [1.29, 1.82) is 0 Å². The van der Waals surface area contributed by atoms with Gasteiger partial charge in [0.25, 0.3) is 10.0 Å². The lowest BCUT2D eigenvalue weighted by Gasteiger charge is -2.13. The van der Waals surface area contributed by atoms with Crippen LogP contribution in [0.3, 0.4) is 0 Å². The van der Waals surface area contributed by atoms with Crippen LogP contribution in [-0.2, 0) is 16.6 Å². The average molecular weight is 305 g/mol. The number of nitrogens with one attached hydrogen (secondary N) is 1. The summed E-state index contributed by atoms with van der Waals surface area (Å²) in [5, 5.41) is 0. The van der Waals surface area contributed by atoms with Gasteiger partial charge in [-0.25, -0.2) is 13.4 Å². The van der Waals surface area contributed by atoms with Crippen molar-refractivity contribution in [2.45, 2.75) is 32.2 Å². The van der Waals surface area contributed by atoms with E-state index >= 15 is 0 Å². The van der Waals surface area contributed by atoms with E-state index in [0.717, 1.165) is 16.8 Å². The van der Waals surface area contributed by atoms with Crippen molar-refractivity contribution in [2.75, 3.05) is 4.72 Å². The zero-order valence-electron chi connectivity index (χ0n) is 12.3. The fourth-order valence-corrected chi connectivity index (χ4v) is 3.46. The summed E-state index contributed by atoms with van der Waals surface area (Å²) in [5.74, 6) is 0.310.